The van der Waals surface area contributed by atoms with Crippen LogP contribution in [0.15, 0.2) is 18.2 Å². The zero-order chi connectivity index (χ0) is 14.9. The third kappa shape index (κ3) is 2.97. The quantitative estimate of drug-likeness (QED) is 0.648. The van der Waals surface area contributed by atoms with Gasteiger partial charge in [0.05, 0.1) is 23.1 Å². The van der Waals surface area contributed by atoms with Crippen molar-refractivity contribution in [3.8, 4) is 0 Å². The standard InChI is InChI=1S/C14H21BN2O3/c1-5-13(18)17-12-7-6-10(8-11(12)16)15-19-9(2)14(3,4)20-15/h6-9H,5,16H2,1-4H3,(H,17,18). The fourth-order valence-electron chi connectivity index (χ4n) is 1.98. The Morgan fingerprint density at radius 1 is 1.50 bits per heavy atom. The average molecular weight is 276 g/mol. The lowest BCUT2D eigenvalue weighted by Gasteiger charge is -2.21. The van der Waals surface area contributed by atoms with E-state index in [0.717, 1.165) is 5.46 Å². The van der Waals surface area contributed by atoms with Crippen LogP contribution >= 0.6 is 0 Å². The van der Waals surface area contributed by atoms with E-state index in [4.69, 9.17) is 15.0 Å². The highest BCUT2D eigenvalue weighted by Gasteiger charge is 2.43. The molecular weight excluding hydrogens is 255 g/mol. The van der Waals surface area contributed by atoms with Crippen LogP contribution in [0.2, 0.25) is 0 Å². The summed E-state index contributed by atoms with van der Waals surface area (Å²) in [5.41, 5.74) is 7.62. The van der Waals surface area contributed by atoms with Crippen molar-refractivity contribution in [2.45, 2.75) is 45.8 Å². The Hall–Kier alpha value is -1.53. The number of hydrogen-bond donors (Lipinski definition) is 2. The van der Waals surface area contributed by atoms with E-state index in [1.807, 2.05) is 26.8 Å². The molecule has 0 spiro atoms. The molecule has 2 rings (SSSR count). The van der Waals surface area contributed by atoms with Gasteiger partial charge in [-0.3, -0.25) is 4.79 Å². The van der Waals surface area contributed by atoms with Crippen LogP contribution in [-0.2, 0) is 14.1 Å². The van der Waals surface area contributed by atoms with Gasteiger partial charge in [0.25, 0.3) is 0 Å². The van der Waals surface area contributed by atoms with Gasteiger partial charge in [-0.1, -0.05) is 13.0 Å². The van der Waals surface area contributed by atoms with E-state index in [2.05, 4.69) is 5.32 Å². The molecule has 5 nitrogen and oxygen atoms in total. The fourth-order valence-corrected chi connectivity index (χ4v) is 1.98. The number of hydrogen-bond acceptors (Lipinski definition) is 4. The first-order valence-electron chi connectivity index (χ1n) is 6.86. The van der Waals surface area contributed by atoms with Gasteiger partial charge in [-0.2, -0.15) is 0 Å². The molecule has 0 radical (unpaired) electrons. The Morgan fingerprint density at radius 2 is 2.20 bits per heavy atom. The van der Waals surface area contributed by atoms with Gasteiger partial charge in [0.2, 0.25) is 5.91 Å². The molecule has 0 aromatic heterocycles. The van der Waals surface area contributed by atoms with E-state index in [1.165, 1.54) is 0 Å². The summed E-state index contributed by atoms with van der Waals surface area (Å²) in [4.78, 5) is 11.4. The smallest absolute Gasteiger partial charge is 0.402 e. The van der Waals surface area contributed by atoms with Crippen LogP contribution in [-0.4, -0.2) is 24.7 Å². The highest BCUT2D eigenvalue weighted by Crippen LogP contribution is 2.27. The molecule has 1 fully saturated rings. The number of carbonyl (C=O) groups is 1. The molecule has 1 heterocycles. The lowest BCUT2D eigenvalue weighted by molar-refractivity contribution is -0.115. The van der Waals surface area contributed by atoms with Crippen molar-refractivity contribution < 1.29 is 14.1 Å². The minimum absolute atomic E-state index is 0.00759. The molecule has 0 saturated carbocycles. The van der Waals surface area contributed by atoms with Crippen LogP contribution < -0.4 is 16.5 Å². The first-order chi connectivity index (χ1) is 9.33. The summed E-state index contributed by atoms with van der Waals surface area (Å²) in [5.74, 6) is -0.0624. The predicted octanol–water partition coefficient (Wildman–Crippen LogP) is 1.53. The molecule has 1 aromatic carbocycles. The minimum atomic E-state index is -0.418. The number of nitrogens with two attached hydrogens (primary N) is 1. The third-order valence-electron chi connectivity index (χ3n) is 3.66. The molecule has 0 bridgehead atoms. The SMILES string of the molecule is CCC(=O)Nc1ccc(B2OC(C)C(C)(C)O2)cc1N. The molecule has 1 atom stereocenters. The lowest BCUT2D eigenvalue weighted by atomic mass is 9.79. The minimum Gasteiger partial charge on any atom is -0.402 e. The summed E-state index contributed by atoms with van der Waals surface area (Å²) in [7, 11) is -0.418. The average Bonchev–Trinajstić information content (AvgIpc) is 2.66. The second-order valence-corrected chi connectivity index (χ2v) is 5.58. The number of nitrogen functional groups attached to an aromatic ring is 1. The van der Waals surface area contributed by atoms with E-state index in [1.54, 1.807) is 19.1 Å². The van der Waals surface area contributed by atoms with Crippen LogP contribution in [0.5, 0.6) is 0 Å². The predicted molar refractivity (Wildman–Crippen MR) is 80.9 cm³/mol. The summed E-state index contributed by atoms with van der Waals surface area (Å²) in [5, 5.41) is 2.76. The molecule has 1 aliphatic rings. The van der Waals surface area contributed by atoms with Gasteiger partial charge >= 0.3 is 7.12 Å². The van der Waals surface area contributed by atoms with Gasteiger partial charge in [0.15, 0.2) is 0 Å². The molecule has 1 saturated heterocycles. The maximum atomic E-state index is 11.4. The molecule has 3 N–H and O–H groups in total. The van der Waals surface area contributed by atoms with Gasteiger partial charge in [0, 0.05) is 6.42 Å². The van der Waals surface area contributed by atoms with Crippen LogP contribution in [0.4, 0.5) is 11.4 Å². The topological polar surface area (TPSA) is 73.6 Å². The highest BCUT2D eigenvalue weighted by molar-refractivity contribution is 6.62. The van der Waals surface area contributed by atoms with Crippen molar-refractivity contribution in [3.63, 3.8) is 0 Å². The van der Waals surface area contributed by atoms with Crippen molar-refractivity contribution in [2.75, 3.05) is 11.1 Å². The van der Waals surface area contributed by atoms with Crippen LogP contribution in [0.3, 0.4) is 0 Å². The normalized spacial score (nSPS) is 21.0. The Bertz CT molecular complexity index is 519. The zero-order valence-corrected chi connectivity index (χ0v) is 12.4. The molecule has 1 aliphatic heterocycles. The maximum Gasteiger partial charge on any atom is 0.494 e. The molecule has 1 unspecified atom stereocenters. The maximum absolute atomic E-state index is 11.4. The van der Waals surface area contributed by atoms with E-state index >= 15 is 0 Å². The summed E-state index contributed by atoms with van der Waals surface area (Å²) in [6, 6.07) is 5.42. The highest BCUT2D eigenvalue weighted by atomic mass is 16.7. The second-order valence-electron chi connectivity index (χ2n) is 5.58. The lowest BCUT2D eigenvalue weighted by Crippen LogP contribution is -2.35. The largest absolute Gasteiger partial charge is 0.494 e. The Labute approximate surface area is 120 Å². The van der Waals surface area contributed by atoms with Crippen molar-refractivity contribution in [2.24, 2.45) is 0 Å². The van der Waals surface area contributed by atoms with Gasteiger partial charge in [-0.15, -0.1) is 0 Å². The third-order valence-corrected chi connectivity index (χ3v) is 3.66. The van der Waals surface area contributed by atoms with Crippen molar-refractivity contribution in [1.82, 2.24) is 0 Å². The summed E-state index contributed by atoms with van der Waals surface area (Å²) in [6.07, 6.45) is 0.426. The van der Waals surface area contributed by atoms with E-state index in [-0.39, 0.29) is 17.6 Å². The Kier molecular flexibility index (Phi) is 4.06. The number of rotatable bonds is 3. The molecule has 6 heteroatoms. The van der Waals surface area contributed by atoms with Gasteiger partial charge in [-0.25, -0.2) is 0 Å². The molecule has 1 amide bonds. The molecule has 20 heavy (non-hydrogen) atoms. The molecule has 108 valence electrons. The van der Waals surface area contributed by atoms with Crippen LogP contribution in [0.1, 0.15) is 34.1 Å². The Morgan fingerprint density at radius 3 is 2.70 bits per heavy atom. The van der Waals surface area contributed by atoms with Gasteiger partial charge in [-0.05, 0) is 38.4 Å². The zero-order valence-electron chi connectivity index (χ0n) is 12.4. The van der Waals surface area contributed by atoms with Gasteiger partial charge in [0.1, 0.15) is 0 Å². The summed E-state index contributed by atoms with van der Waals surface area (Å²) >= 11 is 0. The van der Waals surface area contributed by atoms with E-state index in [9.17, 15) is 4.79 Å². The van der Waals surface area contributed by atoms with E-state index in [0.29, 0.717) is 17.8 Å². The van der Waals surface area contributed by atoms with Crippen LogP contribution in [0.25, 0.3) is 0 Å². The van der Waals surface area contributed by atoms with E-state index < -0.39 is 7.12 Å². The number of carbonyl (C=O) groups excluding carboxylic acids is 1. The number of benzene rings is 1. The number of amides is 1. The fraction of sp³-hybridized carbons (Fsp3) is 0.500. The first-order valence-corrected chi connectivity index (χ1v) is 6.86. The van der Waals surface area contributed by atoms with Crippen molar-refractivity contribution >= 4 is 29.9 Å². The first kappa shape index (κ1) is 14.9. The Balaban J connectivity index is 2.16. The monoisotopic (exact) mass is 276 g/mol. The summed E-state index contributed by atoms with van der Waals surface area (Å²) in [6.45, 7) is 7.77. The number of nitrogens with one attached hydrogen (secondary N) is 1. The van der Waals surface area contributed by atoms with Gasteiger partial charge < -0.3 is 20.4 Å². The molecular formula is C14H21BN2O3. The summed E-state index contributed by atoms with van der Waals surface area (Å²) < 4.78 is 11.7. The van der Waals surface area contributed by atoms with Crippen LogP contribution in [0, 0.1) is 0 Å². The second kappa shape index (κ2) is 5.46. The van der Waals surface area contributed by atoms with Crippen molar-refractivity contribution in [3.05, 3.63) is 18.2 Å². The molecule has 1 aromatic rings. The number of anilines is 2. The van der Waals surface area contributed by atoms with Crippen molar-refractivity contribution in [1.29, 1.82) is 0 Å². The molecule has 0 aliphatic carbocycles.